The highest BCUT2D eigenvalue weighted by Crippen LogP contribution is 2.26. The van der Waals surface area contributed by atoms with Crippen LogP contribution >= 0.6 is 11.3 Å². The molecule has 1 unspecified atom stereocenters. The fraction of sp³-hybridized carbons (Fsp3) is 0.474. The molecule has 1 fully saturated rings. The maximum absolute atomic E-state index is 13.3. The van der Waals surface area contributed by atoms with Crippen LogP contribution in [0, 0.1) is 23.5 Å². The van der Waals surface area contributed by atoms with Gasteiger partial charge in [0.05, 0.1) is 0 Å². The highest BCUT2D eigenvalue weighted by Gasteiger charge is 2.22. The van der Waals surface area contributed by atoms with Crippen LogP contribution in [0.5, 0.6) is 0 Å². The standard InChI is InChI=1S/C19H23F2N3OS/c1-12(14-4-6-22-7-5-14)8-18(25)24-19-23-11-15(26-19)9-13-2-3-16(20)17(21)10-13/h2-3,10-12,14,22H,4-9H2,1H3,(H,23,24,25). The number of carbonyl (C=O) groups is 1. The van der Waals surface area contributed by atoms with Gasteiger partial charge in [-0.05, 0) is 55.5 Å². The Bertz CT molecular complexity index is 759. The third kappa shape index (κ3) is 5.08. The summed E-state index contributed by atoms with van der Waals surface area (Å²) in [5.74, 6) is -0.799. The summed E-state index contributed by atoms with van der Waals surface area (Å²) >= 11 is 1.36. The van der Waals surface area contributed by atoms with Crippen molar-refractivity contribution in [2.24, 2.45) is 11.8 Å². The van der Waals surface area contributed by atoms with Crippen LogP contribution in [0.2, 0.25) is 0 Å². The Kier molecular flexibility index (Phi) is 6.32. The van der Waals surface area contributed by atoms with Gasteiger partial charge in [0.2, 0.25) is 5.91 Å². The molecule has 2 heterocycles. The second-order valence-corrected chi connectivity index (χ2v) is 7.99. The molecule has 140 valence electrons. The monoisotopic (exact) mass is 379 g/mol. The lowest BCUT2D eigenvalue weighted by Crippen LogP contribution is -2.32. The predicted octanol–water partition coefficient (Wildman–Crippen LogP) is 3.98. The topological polar surface area (TPSA) is 54.0 Å². The van der Waals surface area contributed by atoms with Crippen LogP contribution in [-0.4, -0.2) is 24.0 Å². The molecule has 0 radical (unpaired) electrons. The van der Waals surface area contributed by atoms with E-state index in [0.717, 1.165) is 36.9 Å². The minimum absolute atomic E-state index is 0.0234. The molecule has 2 N–H and O–H groups in total. The Morgan fingerprint density at radius 1 is 1.35 bits per heavy atom. The van der Waals surface area contributed by atoms with E-state index >= 15 is 0 Å². The maximum Gasteiger partial charge on any atom is 0.226 e. The van der Waals surface area contributed by atoms with Crippen molar-refractivity contribution in [1.29, 1.82) is 0 Å². The summed E-state index contributed by atoms with van der Waals surface area (Å²) in [5, 5.41) is 6.74. The van der Waals surface area contributed by atoms with Gasteiger partial charge >= 0.3 is 0 Å². The number of thiazole rings is 1. The van der Waals surface area contributed by atoms with Gasteiger partial charge in [0.1, 0.15) is 0 Å². The van der Waals surface area contributed by atoms with E-state index in [-0.39, 0.29) is 5.91 Å². The Balaban J connectivity index is 1.52. The molecule has 0 saturated carbocycles. The van der Waals surface area contributed by atoms with E-state index in [0.29, 0.717) is 35.4 Å². The summed E-state index contributed by atoms with van der Waals surface area (Å²) in [6, 6.07) is 3.86. The fourth-order valence-electron chi connectivity index (χ4n) is 3.34. The van der Waals surface area contributed by atoms with Gasteiger partial charge in [-0.3, -0.25) is 4.79 Å². The van der Waals surface area contributed by atoms with Crippen LogP contribution < -0.4 is 10.6 Å². The first-order chi connectivity index (χ1) is 12.5. The van der Waals surface area contributed by atoms with Crippen molar-refractivity contribution in [3.8, 4) is 0 Å². The number of hydrogen-bond donors (Lipinski definition) is 2. The number of carbonyl (C=O) groups excluding carboxylic acids is 1. The molecule has 0 aliphatic carbocycles. The lowest BCUT2D eigenvalue weighted by molar-refractivity contribution is -0.117. The molecule has 1 aromatic heterocycles. The zero-order valence-electron chi connectivity index (χ0n) is 14.7. The zero-order chi connectivity index (χ0) is 18.5. The van der Waals surface area contributed by atoms with Crippen molar-refractivity contribution in [3.05, 3.63) is 46.5 Å². The van der Waals surface area contributed by atoms with Crippen LogP contribution in [0.25, 0.3) is 0 Å². The molecule has 1 aliphatic heterocycles. The Labute approximate surface area is 156 Å². The Morgan fingerprint density at radius 2 is 2.12 bits per heavy atom. The fourth-order valence-corrected chi connectivity index (χ4v) is 4.20. The molecule has 3 rings (SSSR count). The molecular formula is C19H23F2N3OS. The molecule has 4 nitrogen and oxygen atoms in total. The van der Waals surface area contributed by atoms with Gasteiger partial charge in [-0.2, -0.15) is 0 Å². The number of nitrogens with one attached hydrogen (secondary N) is 2. The normalized spacial score (nSPS) is 16.4. The number of anilines is 1. The molecule has 2 aromatic rings. The predicted molar refractivity (Wildman–Crippen MR) is 99.3 cm³/mol. The Morgan fingerprint density at radius 3 is 2.85 bits per heavy atom. The molecule has 1 atom stereocenters. The average Bonchev–Trinajstić information content (AvgIpc) is 3.05. The first-order valence-corrected chi connectivity index (χ1v) is 9.72. The minimum Gasteiger partial charge on any atom is -0.317 e. The van der Waals surface area contributed by atoms with Crippen LogP contribution in [0.3, 0.4) is 0 Å². The maximum atomic E-state index is 13.3. The van der Waals surface area contributed by atoms with Crippen molar-refractivity contribution in [2.75, 3.05) is 18.4 Å². The van der Waals surface area contributed by atoms with Gasteiger partial charge in [0.15, 0.2) is 16.8 Å². The summed E-state index contributed by atoms with van der Waals surface area (Å²) in [6.07, 6.45) is 4.84. The summed E-state index contributed by atoms with van der Waals surface area (Å²) < 4.78 is 26.3. The molecule has 1 aliphatic rings. The lowest BCUT2D eigenvalue weighted by Gasteiger charge is -2.27. The molecule has 1 amide bonds. The van der Waals surface area contributed by atoms with E-state index < -0.39 is 11.6 Å². The van der Waals surface area contributed by atoms with Crippen molar-refractivity contribution in [2.45, 2.75) is 32.6 Å². The van der Waals surface area contributed by atoms with Crippen molar-refractivity contribution >= 4 is 22.4 Å². The first-order valence-electron chi connectivity index (χ1n) is 8.90. The van der Waals surface area contributed by atoms with Crippen LogP contribution in [0.1, 0.15) is 36.6 Å². The zero-order valence-corrected chi connectivity index (χ0v) is 15.5. The number of rotatable bonds is 6. The third-order valence-corrected chi connectivity index (χ3v) is 5.77. The molecule has 1 saturated heterocycles. The summed E-state index contributed by atoms with van der Waals surface area (Å²) in [4.78, 5) is 17.4. The van der Waals surface area contributed by atoms with Crippen LogP contribution in [0.4, 0.5) is 13.9 Å². The highest BCUT2D eigenvalue weighted by atomic mass is 32.1. The highest BCUT2D eigenvalue weighted by molar-refractivity contribution is 7.15. The van der Waals surface area contributed by atoms with Gasteiger partial charge in [0, 0.05) is 23.9 Å². The molecule has 0 bridgehead atoms. The molecule has 7 heteroatoms. The van der Waals surface area contributed by atoms with Gasteiger partial charge in [0.25, 0.3) is 0 Å². The van der Waals surface area contributed by atoms with E-state index in [9.17, 15) is 13.6 Å². The van der Waals surface area contributed by atoms with E-state index in [1.165, 1.54) is 17.4 Å². The second-order valence-electron chi connectivity index (χ2n) is 6.87. The molecule has 26 heavy (non-hydrogen) atoms. The average molecular weight is 379 g/mol. The quantitative estimate of drug-likeness (QED) is 0.798. The van der Waals surface area contributed by atoms with E-state index in [4.69, 9.17) is 0 Å². The lowest BCUT2D eigenvalue weighted by atomic mass is 9.84. The van der Waals surface area contributed by atoms with Gasteiger partial charge < -0.3 is 10.6 Å². The minimum atomic E-state index is -0.854. The summed E-state index contributed by atoms with van der Waals surface area (Å²) in [6.45, 7) is 4.18. The van der Waals surface area contributed by atoms with E-state index in [2.05, 4.69) is 22.5 Å². The molecular weight excluding hydrogens is 356 g/mol. The number of nitrogens with zero attached hydrogens (tertiary/aromatic N) is 1. The van der Waals surface area contributed by atoms with E-state index in [1.807, 2.05) is 0 Å². The summed E-state index contributed by atoms with van der Waals surface area (Å²) in [5.41, 5.74) is 0.671. The molecule has 1 aromatic carbocycles. The second kappa shape index (κ2) is 8.68. The number of hydrogen-bond acceptors (Lipinski definition) is 4. The van der Waals surface area contributed by atoms with Gasteiger partial charge in [-0.25, -0.2) is 13.8 Å². The molecule has 0 spiro atoms. The SMILES string of the molecule is CC(CC(=O)Nc1ncc(Cc2ccc(F)c(F)c2)s1)C1CCNCC1. The summed E-state index contributed by atoms with van der Waals surface area (Å²) in [7, 11) is 0. The van der Waals surface area contributed by atoms with Crippen molar-refractivity contribution < 1.29 is 13.6 Å². The van der Waals surface area contributed by atoms with Gasteiger partial charge in [-0.1, -0.05) is 13.0 Å². The third-order valence-electron chi connectivity index (χ3n) is 4.86. The first kappa shape index (κ1) is 18.9. The van der Waals surface area contributed by atoms with Crippen molar-refractivity contribution in [1.82, 2.24) is 10.3 Å². The van der Waals surface area contributed by atoms with Gasteiger partial charge in [-0.15, -0.1) is 11.3 Å². The largest absolute Gasteiger partial charge is 0.317 e. The van der Waals surface area contributed by atoms with Crippen LogP contribution in [-0.2, 0) is 11.2 Å². The van der Waals surface area contributed by atoms with Crippen molar-refractivity contribution in [3.63, 3.8) is 0 Å². The number of piperidine rings is 1. The van der Waals surface area contributed by atoms with E-state index in [1.54, 1.807) is 12.3 Å². The Hall–Kier alpha value is -1.86. The smallest absolute Gasteiger partial charge is 0.226 e. The van der Waals surface area contributed by atoms with Crippen LogP contribution in [0.15, 0.2) is 24.4 Å². The number of amides is 1. The number of benzene rings is 1. The number of halogens is 2. The number of aromatic nitrogens is 1.